The van der Waals surface area contributed by atoms with Crippen LogP contribution in [0.15, 0.2) is 54.7 Å². The summed E-state index contributed by atoms with van der Waals surface area (Å²) in [5.41, 5.74) is 2.42. The van der Waals surface area contributed by atoms with Crippen molar-refractivity contribution in [1.29, 1.82) is 5.26 Å². The zero-order valence-electron chi connectivity index (χ0n) is 22.7. The number of hydrogen-bond donors (Lipinski definition) is 3. The Kier molecular flexibility index (Phi) is 6.51. The minimum Gasteiger partial charge on any atom is -0.325 e. The van der Waals surface area contributed by atoms with Crippen LogP contribution in [0.3, 0.4) is 0 Å². The highest BCUT2D eigenvalue weighted by atomic mass is 19.1. The van der Waals surface area contributed by atoms with Gasteiger partial charge in [-0.15, -0.1) is 0 Å². The van der Waals surface area contributed by atoms with Crippen LogP contribution in [-0.2, 0) is 15.0 Å². The Balaban J connectivity index is 1.71. The number of aryl methyl sites for hydroxylation is 2. The molecular formula is C31H32FN5O2. The van der Waals surface area contributed by atoms with E-state index in [1.165, 1.54) is 12.3 Å². The fourth-order valence-electron chi connectivity index (χ4n) is 6.20. The van der Waals surface area contributed by atoms with E-state index in [0.29, 0.717) is 28.9 Å². The number of halogens is 1. The summed E-state index contributed by atoms with van der Waals surface area (Å²) in [4.78, 5) is 32.2. The zero-order chi connectivity index (χ0) is 28.1. The van der Waals surface area contributed by atoms with Gasteiger partial charge in [0.05, 0.1) is 17.9 Å². The molecule has 4 atom stereocenters. The van der Waals surface area contributed by atoms with Crippen LogP contribution in [0.1, 0.15) is 61.1 Å². The molecule has 1 spiro atoms. The highest BCUT2D eigenvalue weighted by molar-refractivity contribution is 6.10. The highest BCUT2D eigenvalue weighted by Gasteiger charge is 2.66. The van der Waals surface area contributed by atoms with Crippen LogP contribution < -0.4 is 16.0 Å². The Bertz CT molecular complexity index is 1500. The quantitative estimate of drug-likeness (QED) is 0.440. The Morgan fingerprint density at radius 2 is 1.95 bits per heavy atom. The van der Waals surface area contributed by atoms with E-state index >= 15 is 4.39 Å². The first kappa shape index (κ1) is 26.5. The summed E-state index contributed by atoms with van der Waals surface area (Å²) >= 11 is 0. The molecule has 2 aliphatic heterocycles. The molecule has 3 aromatic rings. The third-order valence-electron chi connectivity index (χ3n) is 7.80. The topological polar surface area (TPSA) is 107 Å². The molecule has 39 heavy (non-hydrogen) atoms. The van der Waals surface area contributed by atoms with Gasteiger partial charge in [-0.25, -0.2) is 9.37 Å². The lowest BCUT2D eigenvalue weighted by Gasteiger charge is -2.37. The summed E-state index contributed by atoms with van der Waals surface area (Å²) in [5, 5.41) is 18.5. The van der Waals surface area contributed by atoms with Crippen molar-refractivity contribution >= 4 is 23.2 Å². The van der Waals surface area contributed by atoms with Crippen LogP contribution in [-0.4, -0.2) is 28.9 Å². The molecule has 200 valence electrons. The van der Waals surface area contributed by atoms with Gasteiger partial charge >= 0.3 is 0 Å². The molecular weight excluding hydrogens is 493 g/mol. The lowest BCUT2D eigenvalue weighted by molar-refractivity contribution is -0.122. The molecule has 1 fully saturated rings. The van der Waals surface area contributed by atoms with E-state index in [-0.39, 0.29) is 17.0 Å². The average Bonchev–Trinajstić information content (AvgIpc) is 3.35. The molecule has 0 aliphatic carbocycles. The molecule has 3 N–H and O–H groups in total. The lowest BCUT2D eigenvalue weighted by atomic mass is 9.62. The van der Waals surface area contributed by atoms with Gasteiger partial charge in [0.2, 0.25) is 11.8 Å². The van der Waals surface area contributed by atoms with Crippen molar-refractivity contribution in [3.05, 3.63) is 88.5 Å². The minimum atomic E-state index is -1.23. The molecule has 2 amide bonds. The molecule has 0 radical (unpaired) electrons. The van der Waals surface area contributed by atoms with E-state index in [9.17, 15) is 9.59 Å². The second-order valence-corrected chi connectivity index (χ2v) is 11.8. The molecule has 5 rings (SSSR count). The maximum absolute atomic E-state index is 15.9. The fraction of sp³-hybridized carbons (Fsp3) is 0.355. The first-order valence-corrected chi connectivity index (χ1v) is 13.1. The number of fused-ring (bicyclic) bond motifs is 2. The monoisotopic (exact) mass is 525 g/mol. The number of carbonyl (C=O) groups is 2. The van der Waals surface area contributed by atoms with Crippen LogP contribution in [0.2, 0.25) is 0 Å². The number of hydrogen-bond acceptors (Lipinski definition) is 5. The molecule has 8 heteroatoms. The van der Waals surface area contributed by atoms with Gasteiger partial charge in [0.25, 0.3) is 0 Å². The van der Waals surface area contributed by atoms with Gasteiger partial charge in [-0.05, 0) is 66.1 Å². The summed E-state index contributed by atoms with van der Waals surface area (Å²) in [5.74, 6) is -1.91. The average molecular weight is 526 g/mol. The van der Waals surface area contributed by atoms with Crippen LogP contribution in [0, 0.1) is 36.4 Å². The molecule has 7 nitrogen and oxygen atoms in total. The van der Waals surface area contributed by atoms with Gasteiger partial charge in [-0.3, -0.25) is 9.59 Å². The number of aromatic nitrogens is 1. The Labute approximate surface area is 227 Å². The van der Waals surface area contributed by atoms with Gasteiger partial charge in [-0.1, -0.05) is 51.1 Å². The lowest BCUT2D eigenvalue weighted by Crippen LogP contribution is -2.49. The van der Waals surface area contributed by atoms with Gasteiger partial charge < -0.3 is 16.0 Å². The van der Waals surface area contributed by atoms with E-state index in [1.807, 2.05) is 31.2 Å². The van der Waals surface area contributed by atoms with E-state index in [2.05, 4.69) is 41.7 Å². The second kappa shape index (κ2) is 9.58. The van der Waals surface area contributed by atoms with Crippen molar-refractivity contribution in [2.24, 2.45) is 5.41 Å². The minimum absolute atomic E-state index is 0.198. The van der Waals surface area contributed by atoms with Gasteiger partial charge in [0, 0.05) is 17.6 Å². The molecule has 2 aromatic carbocycles. The third kappa shape index (κ3) is 4.47. The van der Waals surface area contributed by atoms with Crippen molar-refractivity contribution in [3.63, 3.8) is 0 Å². The first-order valence-electron chi connectivity index (χ1n) is 13.1. The van der Waals surface area contributed by atoms with Gasteiger partial charge in [0.1, 0.15) is 23.0 Å². The molecule has 2 unspecified atom stereocenters. The number of rotatable bonds is 4. The van der Waals surface area contributed by atoms with E-state index in [4.69, 9.17) is 5.26 Å². The number of nitrogens with zero attached hydrogens (tertiary/aromatic N) is 2. The van der Waals surface area contributed by atoms with Gasteiger partial charge in [0.15, 0.2) is 0 Å². The smallest absolute Gasteiger partial charge is 0.242 e. The molecule has 2 aliphatic rings. The molecule has 1 aromatic heterocycles. The second-order valence-electron chi connectivity index (χ2n) is 11.8. The predicted molar refractivity (Wildman–Crippen MR) is 148 cm³/mol. The third-order valence-corrected chi connectivity index (χ3v) is 7.80. The zero-order valence-corrected chi connectivity index (χ0v) is 22.7. The normalized spacial score (nSPS) is 23.8. The molecule has 1 saturated heterocycles. The predicted octanol–water partition coefficient (Wildman–Crippen LogP) is 5.10. The van der Waals surface area contributed by atoms with Crippen LogP contribution in [0.4, 0.5) is 15.8 Å². The van der Waals surface area contributed by atoms with E-state index in [1.54, 1.807) is 31.2 Å². The number of anilines is 2. The molecule has 0 bridgehead atoms. The SMILES string of the molecule is Cc1ccc2c(c1)NC(=O)[C@@]21C(CC(C)(C)C)N[C@@H](C(=O)Nc2ccc(C#N)nc2)C1c1cccc(C)c1F. The van der Waals surface area contributed by atoms with Crippen molar-refractivity contribution in [1.82, 2.24) is 10.3 Å². The summed E-state index contributed by atoms with van der Waals surface area (Å²) in [6.45, 7) is 9.90. The fourth-order valence-corrected chi connectivity index (χ4v) is 6.20. The van der Waals surface area contributed by atoms with Crippen molar-refractivity contribution in [2.45, 2.75) is 64.5 Å². The number of carbonyl (C=O) groups excluding carboxylic acids is 2. The largest absolute Gasteiger partial charge is 0.325 e. The van der Waals surface area contributed by atoms with Crippen molar-refractivity contribution in [3.8, 4) is 6.07 Å². The summed E-state index contributed by atoms with van der Waals surface area (Å²) in [6, 6.07) is 14.6. The van der Waals surface area contributed by atoms with Crippen LogP contribution >= 0.6 is 0 Å². The summed E-state index contributed by atoms with van der Waals surface area (Å²) < 4.78 is 15.9. The van der Waals surface area contributed by atoms with Crippen molar-refractivity contribution in [2.75, 3.05) is 10.6 Å². The van der Waals surface area contributed by atoms with Gasteiger partial charge in [-0.2, -0.15) is 5.26 Å². The number of nitrogens with one attached hydrogen (secondary N) is 3. The number of amides is 2. The van der Waals surface area contributed by atoms with E-state index < -0.39 is 35.1 Å². The molecule has 3 heterocycles. The number of benzene rings is 2. The van der Waals surface area contributed by atoms with Crippen molar-refractivity contribution < 1.29 is 14.0 Å². The first-order chi connectivity index (χ1) is 18.5. The highest BCUT2D eigenvalue weighted by Crippen LogP contribution is 2.57. The molecule has 0 saturated carbocycles. The number of pyridine rings is 1. The summed E-state index contributed by atoms with van der Waals surface area (Å²) in [7, 11) is 0. The van der Waals surface area contributed by atoms with Crippen LogP contribution in [0.5, 0.6) is 0 Å². The Morgan fingerprint density at radius 3 is 2.62 bits per heavy atom. The Hall–Kier alpha value is -4.09. The number of nitriles is 1. The summed E-state index contributed by atoms with van der Waals surface area (Å²) in [6.07, 6.45) is 1.98. The van der Waals surface area contributed by atoms with Crippen LogP contribution in [0.25, 0.3) is 0 Å². The maximum atomic E-state index is 15.9. The van der Waals surface area contributed by atoms with E-state index in [0.717, 1.165) is 11.1 Å². The Morgan fingerprint density at radius 1 is 1.18 bits per heavy atom. The standard InChI is InChI=1S/C31H32FN5O2/c1-17-9-12-22-23(13-17)36-29(39)31(22)24(14-30(3,4)5)37-27(25(31)21-8-6-7-18(2)26(21)32)28(38)35-20-11-10-19(15-33)34-16-20/h6-13,16,24-25,27,37H,14H2,1-5H3,(H,35,38)(H,36,39)/t24?,25?,27-,31-/m1/s1. The maximum Gasteiger partial charge on any atom is 0.242 e.